The van der Waals surface area contributed by atoms with Crippen LogP contribution in [0.3, 0.4) is 0 Å². The summed E-state index contributed by atoms with van der Waals surface area (Å²) in [6, 6.07) is 0. The Morgan fingerprint density at radius 1 is 0.850 bits per heavy atom. The van der Waals surface area contributed by atoms with E-state index < -0.39 is 14.2 Å². The molecule has 0 aliphatic carbocycles. The van der Waals surface area contributed by atoms with Crippen molar-refractivity contribution in [3.05, 3.63) is 0 Å². The van der Waals surface area contributed by atoms with Gasteiger partial charge in [-0.1, -0.05) is 0 Å². The van der Waals surface area contributed by atoms with E-state index in [1.165, 1.54) is 49.4 Å². The van der Waals surface area contributed by atoms with Crippen molar-refractivity contribution in [2.24, 2.45) is 0 Å². The maximum atomic E-state index is 2.55. The van der Waals surface area contributed by atoms with E-state index in [0.29, 0.717) is 0 Å². The van der Waals surface area contributed by atoms with E-state index in [1.54, 1.807) is 4.44 Å². The van der Waals surface area contributed by atoms with E-state index >= 15 is 0 Å². The van der Waals surface area contributed by atoms with Gasteiger partial charge in [0.1, 0.15) is 0 Å². The minimum absolute atomic E-state index is 0.984. The first-order valence-electron chi connectivity index (χ1n) is 7.68. The van der Waals surface area contributed by atoms with Crippen LogP contribution in [0, 0.1) is 0 Å². The fourth-order valence-electron chi connectivity index (χ4n) is 2.18. The van der Waals surface area contributed by atoms with Crippen LogP contribution in [0.4, 0.5) is 0 Å². The van der Waals surface area contributed by atoms with E-state index in [0.717, 1.165) is 13.7 Å². The molecule has 0 aromatic carbocycles. The van der Waals surface area contributed by atoms with Crippen molar-refractivity contribution in [2.75, 3.05) is 17.3 Å². The summed E-state index contributed by atoms with van der Waals surface area (Å²) in [5, 5.41) is 0. The predicted molar refractivity (Wildman–Crippen MR) is 111 cm³/mol. The van der Waals surface area contributed by atoms with E-state index in [4.69, 9.17) is 0 Å². The Morgan fingerprint density at radius 3 is 1.50 bits per heavy atom. The number of rotatable bonds is 9. The molecule has 3 unspecified atom stereocenters. The summed E-state index contributed by atoms with van der Waals surface area (Å²) < 4.78 is 4.57. The summed E-state index contributed by atoms with van der Waals surface area (Å²) in [6.45, 7) is 2.38. The van der Waals surface area contributed by atoms with Crippen molar-refractivity contribution in [1.82, 2.24) is 0 Å². The van der Waals surface area contributed by atoms with E-state index in [-0.39, 0.29) is 0 Å². The molecule has 0 N–H and O–H groups in total. The molecule has 0 bridgehead atoms. The molecule has 3 heterocycles. The molecule has 116 valence electrons. The van der Waals surface area contributed by atoms with Gasteiger partial charge >= 0.3 is 151 Å². The molecule has 3 aliphatic rings. The van der Waals surface area contributed by atoms with Gasteiger partial charge in [-0.25, -0.2) is 0 Å². The summed E-state index contributed by atoms with van der Waals surface area (Å²) in [4.78, 5) is 0. The van der Waals surface area contributed by atoms with E-state index in [2.05, 4.69) is 69.0 Å². The molecule has 0 aromatic rings. The van der Waals surface area contributed by atoms with Crippen molar-refractivity contribution in [3.63, 3.8) is 0 Å². The third-order valence-corrected chi connectivity index (χ3v) is 51.0. The van der Waals surface area contributed by atoms with Gasteiger partial charge in [-0.3, -0.25) is 0 Å². The van der Waals surface area contributed by atoms with E-state index in [9.17, 15) is 0 Å². The third-order valence-electron chi connectivity index (χ3n) is 3.74. The zero-order valence-corrected chi connectivity index (χ0v) is 19.8. The van der Waals surface area contributed by atoms with Crippen molar-refractivity contribution >= 4 is 76.4 Å². The molecule has 0 radical (unpaired) electrons. The zero-order chi connectivity index (χ0) is 13.8. The number of unbranched alkanes of at least 4 members (excludes halogenated alkanes) is 1. The van der Waals surface area contributed by atoms with Gasteiger partial charge in [0, 0.05) is 0 Å². The van der Waals surface area contributed by atoms with Gasteiger partial charge in [-0.2, -0.15) is 0 Å². The Hall–Kier alpha value is 2.90. The molecule has 3 saturated heterocycles. The summed E-state index contributed by atoms with van der Waals surface area (Å²) >= 11 is 4.65. The topological polar surface area (TPSA) is 0 Å². The molecule has 0 spiro atoms. The van der Waals surface area contributed by atoms with Crippen LogP contribution in [0.15, 0.2) is 0 Å². The second-order valence-electron chi connectivity index (χ2n) is 5.41. The first kappa shape index (κ1) is 17.7. The van der Waals surface area contributed by atoms with Crippen LogP contribution in [-0.2, 0) is 0 Å². The van der Waals surface area contributed by atoms with Crippen molar-refractivity contribution in [3.8, 4) is 0 Å². The van der Waals surface area contributed by atoms with Crippen molar-refractivity contribution in [1.29, 1.82) is 0 Å². The minimum atomic E-state index is -2.09. The Kier molecular flexibility index (Phi) is 7.83. The SMILES string of the molecule is CCC[CH2][Sn]([S]C1CCS1)([S]C1CCS1)[S]C1CCS1. The molecule has 3 fully saturated rings. The fraction of sp³-hybridized carbons (Fsp3) is 1.00. The Balaban J connectivity index is 1.63. The van der Waals surface area contributed by atoms with Crippen LogP contribution in [0.1, 0.15) is 39.0 Å². The zero-order valence-electron chi connectivity index (χ0n) is 12.0. The summed E-state index contributed by atoms with van der Waals surface area (Å²) in [7, 11) is 7.64. The van der Waals surface area contributed by atoms with E-state index in [1.807, 2.05) is 0 Å². The number of hydrogen-bond acceptors (Lipinski definition) is 6. The third kappa shape index (κ3) is 4.95. The van der Waals surface area contributed by atoms with Crippen LogP contribution in [0.2, 0.25) is 4.44 Å². The molecule has 7 heteroatoms. The second-order valence-corrected chi connectivity index (χ2v) is 43.3. The van der Waals surface area contributed by atoms with Crippen LogP contribution in [0.25, 0.3) is 0 Å². The fourth-order valence-corrected chi connectivity index (χ4v) is 70.9. The normalized spacial score (nSPS) is 35.5. The molecule has 20 heavy (non-hydrogen) atoms. The molecule has 0 nitrogen and oxygen atoms in total. The summed E-state index contributed by atoms with van der Waals surface area (Å²) in [5.74, 6) is 4.29. The Labute approximate surface area is 149 Å². The second kappa shape index (κ2) is 8.84. The predicted octanol–water partition coefficient (Wildman–Crippen LogP) is 6.31. The maximum absolute atomic E-state index is 2.55. The molecule has 0 amide bonds. The van der Waals surface area contributed by atoms with Gasteiger partial charge in [0.2, 0.25) is 0 Å². The molecule has 0 saturated carbocycles. The van der Waals surface area contributed by atoms with Crippen molar-refractivity contribution < 1.29 is 0 Å². The van der Waals surface area contributed by atoms with Crippen LogP contribution < -0.4 is 0 Å². The summed E-state index contributed by atoms with van der Waals surface area (Å²) in [5.41, 5.74) is 0. The number of thioether (sulfide) groups is 3. The van der Waals surface area contributed by atoms with Gasteiger partial charge in [-0.15, -0.1) is 0 Å². The molecule has 0 aromatic heterocycles. The van der Waals surface area contributed by atoms with Gasteiger partial charge in [0.15, 0.2) is 0 Å². The number of hydrogen-bond donors (Lipinski definition) is 0. The van der Waals surface area contributed by atoms with Gasteiger partial charge in [0.05, 0.1) is 0 Å². The van der Waals surface area contributed by atoms with Gasteiger partial charge < -0.3 is 0 Å². The van der Waals surface area contributed by atoms with Gasteiger partial charge in [0.25, 0.3) is 0 Å². The molecule has 3 aliphatic heterocycles. The molecular formula is C13H24S6Sn. The van der Waals surface area contributed by atoms with Crippen LogP contribution >= 0.6 is 62.1 Å². The molecular weight excluding hydrogens is 467 g/mol. The Morgan fingerprint density at radius 2 is 1.25 bits per heavy atom. The Bertz CT molecular complexity index is 262. The average molecular weight is 491 g/mol. The van der Waals surface area contributed by atoms with Gasteiger partial charge in [-0.05, 0) is 0 Å². The first-order valence-corrected chi connectivity index (χ1v) is 26.0. The standard InChI is InChI=1S/C4H9.3C3H6S2.Sn/c1-3-4-2;3*4-3-1-2-5-3;/h1,3-4H2,2H3;3*3-4H,1-2H2;/q;;;;+3/p-3. The molecule has 3 rings (SSSR count). The quantitative estimate of drug-likeness (QED) is 0.344. The average Bonchev–Trinajstić information content (AvgIpc) is 2.30. The van der Waals surface area contributed by atoms with Crippen molar-refractivity contribution in [2.45, 2.75) is 57.2 Å². The van der Waals surface area contributed by atoms with Crippen LogP contribution in [-0.4, -0.2) is 45.2 Å². The summed E-state index contributed by atoms with van der Waals surface area (Å²) in [6.07, 6.45) is 7.38. The monoisotopic (exact) mass is 492 g/mol. The molecule has 3 atom stereocenters. The first-order chi connectivity index (χ1) is 9.80. The van der Waals surface area contributed by atoms with Crippen LogP contribution in [0.5, 0.6) is 0 Å².